The van der Waals surface area contributed by atoms with Crippen LogP contribution in [0.1, 0.15) is 31.7 Å². The molecule has 0 saturated heterocycles. The largest absolute Gasteiger partial charge is 0.330 e. The highest BCUT2D eigenvalue weighted by molar-refractivity contribution is 5.19. The smallest absolute Gasteiger partial charge is 0.000814 e. The molecule has 0 aliphatic heterocycles. The van der Waals surface area contributed by atoms with Crippen molar-refractivity contribution in [3.8, 4) is 0 Å². The third-order valence-electron chi connectivity index (χ3n) is 2.31. The molecule has 0 aliphatic rings. The Kier molecular flexibility index (Phi) is 3.97. The third kappa shape index (κ3) is 3.19. The summed E-state index contributed by atoms with van der Waals surface area (Å²) in [6, 6.07) is 10.5. The summed E-state index contributed by atoms with van der Waals surface area (Å²) in [7, 11) is 0. The minimum Gasteiger partial charge on any atom is -0.330 e. The van der Waals surface area contributed by atoms with E-state index >= 15 is 0 Å². The molecule has 1 nitrogen and oxygen atoms in total. The van der Waals surface area contributed by atoms with E-state index in [2.05, 4.69) is 38.1 Å². The number of benzene rings is 1. The summed E-state index contributed by atoms with van der Waals surface area (Å²) in [5.74, 6) is 1.25. The number of hydrogen-bond donors (Lipinski definition) is 1. The van der Waals surface area contributed by atoms with Gasteiger partial charge >= 0.3 is 0 Å². The fraction of sp³-hybridized carbons (Fsp3) is 0.500. The fourth-order valence-electron chi connectivity index (χ4n) is 1.66. The van der Waals surface area contributed by atoms with Crippen LogP contribution < -0.4 is 5.73 Å². The van der Waals surface area contributed by atoms with Gasteiger partial charge in [-0.25, -0.2) is 0 Å². The van der Waals surface area contributed by atoms with Gasteiger partial charge in [-0.1, -0.05) is 44.2 Å². The molecule has 0 radical (unpaired) electrons. The van der Waals surface area contributed by atoms with Crippen molar-refractivity contribution in [3.63, 3.8) is 0 Å². The Morgan fingerprint density at radius 2 is 1.77 bits per heavy atom. The quantitative estimate of drug-likeness (QED) is 0.752. The maximum atomic E-state index is 5.75. The lowest BCUT2D eigenvalue weighted by Gasteiger charge is -2.17. The van der Waals surface area contributed by atoms with Gasteiger partial charge in [-0.15, -0.1) is 0 Å². The Bertz CT molecular complexity index is 228. The molecule has 1 rings (SSSR count). The molecule has 1 heteroatoms. The first-order chi connectivity index (χ1) is 6.24. The van der Waals surface area contributed by atoms with Gasteiger partial charge in [0.2, 0.25) is 0 Å². The molecule has 1 aromatic rings. The molecular weight excluding hydrogens is 158 g/mol. The van der Waals surface area contributed by atoms with E-state index in [1.165, 1.54) is 12.0 Å². The predicted molar refractivity (Wildman–Crippen MR) is 57.7 cm³/mol. The van der Waals surface area contributed by atoms with Gasteiger partial charge in [-0.3, -0.25) is 0 Å². The lowest BCUT2D eigenvalue weighted by Crippen LogP contribution is -2.14. The van der Waals surface area contributed by atoms with Crippen molar-refractivity contribution >= 4 is 0 Å². The van der Waals surface area contributed by atoms with Gasteiger partial charge in [0.1, 0.15) is 0 Å². The second-order valence-electron chi connectivity index (χ2n) is 3.97. The maximum absolute atomic E-state index is 5.75. The van der Waals surface area contributed by atoms with Crippen molar-refractivity contribution in [2.75, 3.05) is 6.54 Å². The van der Waals surface area contributed by atoms with E-state index in [9.17, 15) is 0 Å². The zero-order chi connectivity index (χ0) is 9.68. The van der Waals surface area contributed by atoms with Crippen molar-refractivity contribution in [2.24, 2.45) is 11.7 Å². The highest BCUT2D eigenvalue weighted by atomic mass is 14.5. The van der Waals surface area contributed by atoms with Crippen molar-refractivity contribution < 1.29 is 0 Å². The van der Waals surface area contributed by atoms with Crippen LogP contribution in [0.15, 0.2) is 30.3 Å². The second-order valence-corrected chi connectivity index (χ2v) is 3.97. The molecule has 0 aromatic heterocycles. The first-order valence-electron chi connectivity index (χ1n) is 4.99. The lowest BCUT2D eigenvalue weighted by molar-refractivity contribution is 0.504. The van der Waals surface area contributed by atoms with Crippen molar-refractivity contribution in [2.45, 2.75) is 26.2 Å². The molecule has 72 valence electrons. The molecule has 13 heavy (non-hydrogen) atoms. The molecule has 1 atom stereocenters. The Balaban J connectivity index is 2.67. The molecule has 0 unspecified atom stereocenters. The van der Waals surface area contributed by atoms with Gasteiger partial charge in [0.15, 0.2) is 0 Å². The summed E-state index contributed by atoms with van der Waals surface area (Å²) in [5.41, 5.74) is 7.13. The molecule has 0 spiro atoms. The molecule has 0 bridgehead atoms. The van der Waals surface area contributed by atoms with Gasteiger partial charge in [0.25, 0.3) is 0 Å². The fourth-order valence-corrected chi connectivity index (χ4v) is 1.66. The van der Waals surface area contributed by atoms with Crippen LogP contribution in [0, 0.1) is 5.92 Å². The highest BCUT2D eigenvalue weighted by Gasteiger charge is 2.10. The van der Waals surface area contributed by atoms with E-state index in [1.54, 1.807) is 0 Å². The Hall–Kier alpha value is -0.820. The summed E-state index contributed by atoms with van der Waals surface area (Å²) in [4.78, 5) is 0. The molecule has 0 heterocycles. The van der Waals surface area contributed by atoms with E-state index in [1.807, 2.05) is 6.07 Å². The molecule has 0 saturated carbocycles. The van der Waals surface area contributed by atoms with Crippen molar-refractivity contribution in [1.29, 1.82) is 0 Å². The first-order valence-corrected chi connectivity index (χ1v) is 4.99. The van der Waals surface area contributed by atoms with Crippen LogP contribution in [0.4, 0.5) is 0 Å². The Morgan fingerprint density at radius 3 is 2.23 bits per heavy atom. The third-order valence-corrected chi connectivity index (χ3v) is 2.31. The standard InChI is InChI=1S/C12H19N/c1-10(2)8-12(9-13)11-6-4-3-5-7-11/h3-7,10,12H,8-9,13H2,1-2H3/t12-/m1/s1. The van der Waals surface area contributed by atoms with E-state index in [0.29, 0.717) is 11.8 Å². The minimum absolute atomic E-state index is 0.529. The van der Waals surface area contributed by atoms with Gasteiger partial charge < -0.3 is 5.73 Å². The lowest BCUT2D eigenvalue weighted by atomic mass is 9.90. The van der Waals surface area contributed by atoms with E-state index in [0.717, 1.165) is 6.54 Å². The molecular formula is C12H19N. The van der Waals surface area contributed by atoms with Crippen LogP contribution in [0.5, 0.6) is 0 Å². The van der Waals surface area contributed by atoms with Gasteiger partial charge in [-0.05, 0) is 30.4 Å². The van der Waals surface area contributed by atoms with Crippen LogP contribution >= 0.6 is 0 Å². The van der Waals surface area contributed by atoms with Crippen LogP contribution in [0.3, 0.4) is 0 Å². The molecule has 0 fully saturated rings. The average molecular weight is 177 g/mol. The molecule has 0 amide bonds. The van der Waals surface area contributed by atoms with Crippen LogP contribution in [-0.4, -0.2) is 6.54 Å². The normalized spacial score (nSPS) is 13.2. The zero-order valence-electron chi connectivity index (χ0n) is 8.53. The Morgan fingerprint density at radius 1 is 1.15 bits per heavy atom. The summed E-state index contributed by atoms with van der Waals surface area (Å²) < 4.78 is 0. The Labute approximate surface area is 81.0 Å². The predicted octanol–water partition coefficient (Wildman–Crippen LogP) is 2.78. The van der Waals surface area contributed by atoms with E-state index < -0.39 is 0 Å². The topological polar surface area (TPSA) is 26.0 Å². The SMILES string of the molecule is CC(C)C[C@H](CN)c1ccccc1. The maximum Gasteiger partial charge on any atom is -0.000814 e. The highest BCUT2D eigenvalue weighted by Crippen LogP contribution is 2.21. The number of nitrogens with two attached hydrogens (primary N) is 1. The van der Waals surface area contributed by atoms with Gasteiger partial charge in [-0.2, -0.15) is 0 Å². The second kappa shape index (κ2) is 5.03. The summed E-state index contributed by atoms with van der Waals surface area (Å²) in [6.07, 6.45) is 1.18. The zero-order valence-corrected chi connectivity index (χ0v) is 8.53. The van der Waals surface area contributed by atoms with Gasteiger partial charge in [0.05, 0.1) is 0 Å². The summed E-state index contributed by atoms with van der Waals surface area (Å²) >= 11 is 0. The van der Waals surface area contributed by atoms with E-state index in [-0.39, 0.29) is 0 Å². The van der Waals surface area contributed by atoms with Crippen LogP contribution in [0.2, 0.25) is 0 Å². The molecule has 0 aliphatic carbocycles. The first kappa shape index (κ1) is 10.3. The summed E-state index contributed by atoms with van der Waals surface area (Å²) in [5, 5.41) is 0. The van der Waals surface area contributed by atoms with E-state index in [4.69, 9.17) is 5.73 Å². The van der Waals surface area contributed by atoms with Gasteiger partial charge in [0, 0.05) is 0 Å². The number of rotatable bonds is 4. The van der Waals surface area contributed by atoms with Crippen molar-refractivity contribution in [1.82, 2.24) is 0 Å². The average Bonchev–Trinajstić information content (AvgIpc) is 2.15. The van der Waals surface area contributed by atoms with Crippen LogP contribution in [-0.2, 0) is 0 Å². The molecule has 2 N–H and O–H groups in total. The molecule has 1 aromatic carbocycles. The van der Waals surface area contributed by atoms with Crippen LogP contribution in [0.25, 0.3) is 0 Å². The monoisotopic (exact) mass is 177 g/mol. The summed E-state index contributed by atoms with van der Waals surface area (Å²) in [6.45, 7) is 5.24. The minimum atomic E-state index is 0.529. The van der Waals surface area contributed by atoms with Crippen molar-refractivity contribution in [3.05, 3.63) is 35.9 Å². The number of hydrogen-bond acceptors (Lipinski definition) is 1.